The molecule has 1 aromatic carbocycles. The molecule has 1 aliphatic rings. The largest absolute Gasteiger partial charge is 0.459 e. The Morgan fingerprint density at radius 2 is 2.12 bits per heavy atom. The first-order chi connectivity index (χ1) is 12.1. The van der Waals surface area contributed by atoms with Crippen molar-refractivity contribution in [2.75, 3.05) is 11.9 Å². The second kappa shape index (κ2) is 7.98. The van der Waals surface area contributed by atoms with Gasteiger partial charge in [-0.15, -0.1) is 0 Å². The molecule has 0 spiro atoms. The summed E-state index contributed by atoms with van der Waals surface area (Å²) in [6, 6.07) is 10.6. The molecule has 25 heavy (non-hydrogen) atoms. The summed E-state index contributed by atoms with van der Waals surface area (Å²) in [5.41, 5.74) is 1.53. The Morgan fingerprint density at radius 1 is 1.28 bits per heavy atom. The number of anilines is 1. The number of ether oxygens (including phenoxy) is 1. The van der Waals surface area contributed by atoms with Crippen LogP contribution in [-0.2, 0) is 16.1 Å². The van der Waals surface area contributed by atoms with Gasteiger partial charge in [-0.1, -0.05) is 12.1 Å². The number of carbonyl (C=O) groups excluding carboxylic acids is 2. The van der Waals surface area contributed by atoms with Gasteiger partial charge in [0, 0.05) is 12.2 Å². The Morgan fingerprint density at radius 3 is 2.84 bits per heavy atom. The van der Waals surface area contributed by atoms with Gasteiger partial charge in [0.05, 0.1) is 12.9 Å². The van der Waals surface area contributed by atoms with Crippen molar-refractivity contribution in [3.63, 3.8) is 0 Å². The Hall–Kier alpha value is -2.60. The summed E-state index contributed by atoms with van der Waals surface area (Å²) >= 11 is 0. The van der Waals surface area contributed by atoms with Crippen molar-refractivity contribution in [3.8, 4) is 0 Å². The average molecular weight is 342 g/mol. The van der Waals surface area contributed by atoms with E-state index >= 15 is 0 Å². The number of hydrogen-bond donors (Lipinski definition) is 2. The van der Waals surface area contributed by atoms with E-state index in [4.69, 9.17) is 9.15 Å². The maximum Gasteiger partial charge on any atom is 0.291 e. The predicted octanol–water partition coefficient (Wildman–Crippen LogP) is 2.96. The lowest BCUT2D eigenvalue weighted by molar-refractivity contribution is -0.132. The number of carbonyl (C=O) groups is 2. The summed E-state index contributed by atoms with van der Waals surface area (Å²) in [6.07, 6.45) is 3.39. The van der Waals surface area contributed by atoms with E-state index in [1.165, 1.54) is 19.1 Å². The van der Waals surface area contributed by atoms with Crippen LogP contribution in [0.3, 0.4) is 0 Å². The molecule has 2 aromatic rings. The highest BCUT2D eigenvalue weighted by Crippen LogP contribution is 2.29. The summed E-state index contributed by atoms with van der Waals surface area (Å²) in [5.74, 6) is 0.434. The molecule has 2 amide bonds. The zero-order chi connectivity index (χ0) is 17.6. The molecule has 3 rings (SSSR count). The summed E-state index contributed by atoms with van der Waals surface area (Å²) < 4.78 is 10.6. The molecule has 0 aliphatic heterocycles. The van der Waals surface area contributed by atoms with E-state index in [2.05, 4.69) is 10.6 Å². The SMILES string of the molecule is CC(OCC1CC1)C(=O)NCc1cccc(NC(=O)c2ccco2)c1. The zero-order valence-corrected chi connectivity index (χ0v) is 14.2. The van der Waals surface area contributed by atoms with Crippen LogP contribution in [0.4, 0.5) is 5.69 Å². The predicted molar refractivity (Wildman–Crippen MR) is 93.1 cm³/mol. The monoisotopic (exact) mass is 342 g/mol. The van der Waals surface area contributed by atoms with Crippen LogP contribution in [0.15, 0.2) is 47.1 Å². The fraction of sp³-hybridized carbons (Fsp3) is 0.368. The van der Waals surface area contributed by atoms with Gasteiger partial charge in [0.15, 0.2) is 5.76 Å². The summed E-state index contributed by atoms with van der Waals surface area (Å²) in [7, 11) is 0. The molecular weight excluding hydrogens is 320 g/mol. The third kappa shape index (κ3) is 5.19. The molecule has 0 saturated heterocycles. The van der Waals surface area contributed by atoms with Crippen LogP contribution in [0, 0.1) is 5.92 Å². The molecular formula is C19H22N2O4. The van der Waals surface area contributed by atoms with Crippen LogP contribution in [0.1, 0.15) is 35.9 Å². The molecule has 132 valence electrons. The minimum Gasteiger partial charge on any atom is -0.459 e. The molecule has 1 heterocycles. The first kappa shape index (κ1) is 17.2. The molecule has 1 aliphatic carbocycles. The zero-order valence-electron chi connectivity index (χ0n) is 14.2. The molecule has 1 saturated carbocycles. The number of hydrogen-bond acceptors (Lipinski definition) is 4. The molecule has 1 unspecified atom stereocenters. The van der Waals surface area contributed by atoms with E-state index in [-0.39, 0.29) is 17.6 Å². The minimum absolute atomic E-state index is 0.134. The van der Waals surface area contributed by atoms with Gasteiger partial charge >= 0.3 is 0 Å². The first-order valence-corrected chi connectivity index (χ1v) is 8.45. The molecule has 6 nitrogen and oxygen atoms in total. The van der Waals surface area contributed by atoms with Gasteiger partial charge in [-0.05, 0) is 55.5 Å². The van der Waals surface area contributed by atoms with Crippen LogP contribution in [0.2, 0.25) is 0 Å². The molecule has 0 radical (unpaired) electrons. The van der Waals surface area contributed by atoms with Gasteiger partial charge in [0.25, 0.3) is 5.91 Å². The van der Waals surface area contributed by atoms with E-state index in [0.29, 0.717) is 24.8 Å². The topological polar surface area (TPSA) is 80.6 Å². The maximum atomic E-state index is 12.0. The van der Waals surface area contributed by atoms with E-state index in [9.17, 15) is 9.59 Å². The fourth-order valence-electron chi connectivity index (χ4n) is 2.33. The molecule has 6 heteroatoms. The number of furan rings is 1. The van der Waals surface area contributed by atoms with Crippen LogP contribution in [0.25, 0.3) is 0 Å². The number of rotatable bonds is 8. The Labute approximate surface area is 146 Å². The van der Waals surface area contributed by atoms with E-state index in [1.807, 2.05) is 18.2 Å². The molecule has 1 atom stereocenters. The van der Waals surface area contributed by atoms with Crippen molar-refractivity contribution in [3.05, 3.63) is 54.0 Å². The van der Waals surface area contributed by atoms with Crippen LogP contribution in [0.5, 0.6) is 0 Å². The normalized spacial score (nSPS) is 14.8. The molecule has 2 N–H and O–H groups in total. The smallest absolute Gasteiger partial charge is 0.291 e. The standard InChI is InChI=1S/C19H22N2O4/c1-13(25-12-14-7-8-14)18(22)20-11-15-4-2-5-16(10-15)21-19(23)17-6-3-9-24-17/h2-6,9-10,13-14H,7-8,11-12H2,1H3,(H,20,22)(H,21,23). The lowest BCUT2D eigenvalue weighted by Crippen LogP contribution is -2.34. The number of nitrogens with one attached hydrogen (secondary N) is 2. The van der Waals surface area contributed by atoms with E-state index in [0.717, 1.165) is 5.56 Å². The van der Waals surface area contributed by atoms with Crippen molar-refractivity contribution in [2.24, 2.45) is 5.92 Å². The van der Waals surface area contributed by atoms with E-state index in [1.54, 1.807) is 25.1 Å². The summed E-state index contributed by atoms with van der Waals surface area (Å²) in [4.78, 5) is 24.0. The average Bonchev–Trinajstić information content (AvgIpc) is 3.28. The van der Waals surface area contributed by atoms with Crippen molar-refractivity contribution < 1.29 is 18.7 Å². The number of benzene rings is 1. The molecule has 1 aromatic heterocycles. The maximum absolute atomic E-state index is 12.0. The van der Waals surface area contributed by atoms with Crippen molar-refractivity contribution in [1.82, 2.24) is 5.32 Å². The lowest BCUT2D eigenvalue weighted by Gasteiger charge is -2.13. The van der Waals surface area contributed by atoms with Crippen molar-refractivity contribution in [2.45, 2.75) is 32.4 Å². The van der Waals surface area contributed by atoms with Gasteiger partial charge in [0.2, 0.25) is 5.91 Å². The Bertz CT molecular complexity index is 723. The minimum atomic E-state index is -0.456. The van der Waals surface area contributed by atoms with E-state index < -0.39 is 6.10 Å². The third-order valence-electron chi connectivity index (χ3n) is 4.04. The van der Waals surface area contributed by atoms with Gasteiger partial charge in [0.1, 0.15) is 6.10 Å². The van der Waals surface area contributed by atoms with Gasteiger partial charge < -0.3 is 19.8 Å². The second-order valence-electron chi connectivity index (χ2n) is 6.27. The van der Waals surface area contributed by atoms with Gasteiger partial charge in [-0.2, -0.15) is 0 Å². The molecule has 1 fully saturated rings. The third-order valence-corrected chi connectivity index (χ3v) is 4.04. The Balaban J connectivity index is 1.49. The quantitative estimate of drug-likeness (QED) is 0.773. The summed E-state index contributed by atoms with van der Waals surface area (Å²) in [6.45, 7) is 2.79. The highest BCUT2D eigenvalue weighted by Gasteiger charge is 2.23. The molecule has 0 bridgehead atoms. The number of amides is 2. The van der Waals surface area contributed by atoms with Crippen molar-refractivity contribution in [1.29, 1.82) is 0 Å². The first-order valence-electron chi connectivity index (χ1n) is 8.45. The van der Waals surface area contributed by atoms with Crippen LogP contribution < -0.4 is 10.6 Å². The highest BCUT2D eigenvalue weighted by atomic mass is 16.5. The van der Waals surface area contributed by atoms with Crippen LogP contribution >= 0.6 is 0 Å². The fourth-order valence-corrected chi connectivity index (χ4v) is 2.33. The van der Waals surface area contributed by atoms with Gasteiger partial charge in [-0.3, -0.25) is 9.59 Å². The lowest BCUT2D eigenvalue weighted by atomic mass is 10.2. The van der Waals surface area contributed by atoms with Crippen molar-refractivity contribution >= 4 is 17.5 Å². The summed E-state index contributed by atoms with van der Waals surface area (Å²) in [5, 5.41) is 5.62. The van der Waals surface area contributed by atoms with Crippen LogP contribution in [-0.4, -0.2) is 24.5 Å². The second-order valence-corrected chi connectivity index (χ2v) is 6.27. The highest BCUT2D eigenvalue weighted by molar-refractivity contribution is 6.02. The van der Waals surface area contributed by atoms with Gasteiger partial charge in [-0.25, -0.2) is 0 Å². The Kier molecular flexibility index (Phi) is 5.50.